The maximum absolute atomic E-state index is 11.0. The molecule has 0 amide bonds. The third kappa shape index (κ3) is 4.05. The molecule has 0 aromatic heterocycles. The van der Waals surface area contributed by atoms with Crippen molar-refractivity contribution in [1.82, 2.24) is 9.80 Å². The van der Waals surface area contributed by atoms with Gasteiger partial charge in [-0.05, 0) is 37.8 Å². The summed E-state index contributed by atoms with van der Waals surface area (Å²) in [6.45, 7) is 3.12. The molecule has 114 valence electrons. The summed E-state index contributed by atoms with van der Waals surface area (Å²) < 4.78 is 0. The molecule has 1 saturated carbocycles. The molecule has 2 aliphatic rings. The highest BCUT2D eigenvalue weighted by molar-refractivity contribution is 5.69. The summed E-state index contributed by atoms with van der Waals surface area (Å²) in [5.74, 6) is -0.706. The van der Waals surface area contributed by atoms with Crippen LogP contribution in [0.1, 0.15) is 31.2 Å². The van der Waals surface area contributed by atoms with Crippen molar-refractivity contribution < 1.29 is 9.90 Å². The molecule has 3 rings (SSSR count). The molecule has 2 fully saturated rings. The second-order valence-electron chi connectivity index (χ2n) is 6.31. The number of nitrogens with zero attached hydrogens (tertiary/aromatic N) is 2. The van der Waals surface area contributed by atoms with Gasteiger partial charge in [-0.2, -0.15) is 0 Å². The van der Waals surface area contributed by atoms with Crippen LogP contribution in [0.3, 0.4) is 0 Å². The number of benzene rings is 1. The van der Waals surface area contributed by atoms with Gasteiger partial charge in [0, 0.05) is 25.2 Å². The van der Waals surface area contributed by atoms with E-state index < -0.39 is 5.97 Å². The third-order valence-corrected chi connectivity index (χ3v) is 4.57. The number of carboxylic acid groups (broad SMARTS) is 1. The summed E-state index contributed by atoms with van der Waals surface area (Å²) in [6.07, 6.45) is 4.84. The molecule has 1 N–H and O–H groups in total. The predicted octanol–water partition coefficient (Wildman–Crippen LogP) is 2.20. The quantitative estimate of drug-likeness (QED) is 0.835. The largest absolute Gasteiger partial charge is 0.480 e. The van der Waals surface area contributed by atoms with Crippen LogP contribution in [0.15, 0.2) is 30.3 Å². The number of aliphatic carboxylic acids is 1. The number of hydrogen-bond acceptors (Lipinski definition) is 3. The SMILES string of the molecule is O=C(O)CN1CCC[C@H]1CN(Cc1ccccc1)C1CC1. The zero-order valence-corrected chi connectivity index (χ0v) is 12.4. The minimum absolute atomic E-state index is 0.189. The maximum Gasteiger partial charge on any atom is 0.317 e. The van der Waals surface area contributed by atoms with Gasteiger partial charge in [-0.25, -0.2) is 0 Å². The Morgan fingerprint density at radius 3 is 2.67 bits per heavy atom. The van der Waals surface area contributed by atoms with Crippen LogP contribution < -0.4 is 0 Å². The average Bonchev–Trinajstić information content (AvgIpc) is 3.23. The molecule has 1 aliphatic heterocycles. The Bertz CT molecular complexity index is 473. The zero-order valence-electron chi connectivity index (χ0n) is 12.4. The van der Waals surface area contributed by atoms with Gasteiger partial charge >= 0.3 is 5.97 Å². The van der Waals surface area contributed by atoms with E-state index in [0.29, 0.717) is 12.1 Å². The van der Waals surface area contributed by atoms with Gasteiger partial charge in [0.05, 0.1) is 6.54 Å². The lowest BCUT2D eigenvalue weighted by molar-refractivity contribution is -0.138. The molecular formula is C17H24N2O2. The lowest BCUT2D eigenvalue weighted by Gasteiger charge is -2.30. The fourth-order valence-corrected chi connectivity index (χ4v) is 3.35. The molecule has 0 bridgehead atoms. The van der Waals surface area contributed by atoms with Gasteiger partial charge < -0.3 is 5.11 Å². The second kappa shape index (κ2) is 6.58. The summed E-state index contributed by atoms with van der Waals surface area (Å²) in [7, 11) is 0. The van der Waals surface area contributed by atoms with Crippen LogP contribution in [-0.2, 0) is 11.3 Å². The van der Waals surface area contributed by atoms with Crippen molar-refractivity contribution in [2.45, 2.75) is 44.3 Å². The summed E-state index contributed by atoms with van der Waals surface area (Å²) in [5.41, 5.74) is 1.35. The number of likely N-dealkylation sites (tertiary alicyclic amines) is 1. The first kappa shape index (κ1) is 14.5. The molecule has 4 heteroatoms. The Kier molecular flexibility index (Phi) is 4.56. The van der Waals surface area contributed by atoms with Crippen molar-refractivity contribution in [1.29, 1.82) is 0 Å². The molecule has 1 saturated heterocycles. The molecule has 1 aliphatic carbocycles. The van der Waals surface area contributed by atoms with E-state index in [1.54, 1.807) is 0 Å². The second-order valence-corrected chi connectivity index (χ2v) is 6.31. The minimum atomic E-state index is -0.706. The van der Waals surface area contributed by atoms with Crippen LogP contribution in [0.2, 0.25) is 0 Å². The first-order valence-electron chi connectivity index (χ1n) is 7.96. The molecule has 0 unspecified atom stereocenters. The molecule has 1 heterocycles. The van der Waals surface area contributed by atoms with Crippen LogP contribution in [0, 0.1) is 0 Å². The van der Waals surface area contributed by atoms with Crippen molar-refractivity contribution in [3.63, 3.8) is 0 Å². The highest BCUT2D eigenvalue weighted by Crippen LogP contribution is 2.30. The van der Waals surface area contributed by atoms with Crippen molar-refractivity contribution in [3.8, 4) is 0 Å². The van der Waals surface area contributed by atoms with Gasteiger partial charge in [-0.15, -0.1) is 0 Å². The lowest BCUT2D eigenvalue weighted by atomic mass is 10.1. The van der Waals surface area contributed by atoms with Crippen LogP contribution in [0.4, 0.5) is 0 Å². The minimum Gasteiger partial charge on any atom is -0.480 e. The maximum atomic E-state index is 11.0. The van der Waals surface area contributed by atoms with Crippen molar-refractivity contribution in [2.75, 3.05) is 19.6 Å². The number of hydrogen-bond donors (Lipinski definition) is 1. The first-order valence-corrected chi connectivity index (χ1v) is 7.96. The van der Waals surface area contributed by atoms with E-state index >= 15 is 0 Å². The van der Waals surface area contributed by atoms with Gasteiger partial charge in [0.1, 0.15) is 0 Å². The van der Waals surface area contributed by atoms with Gasteiger partial charge in [0.15, 0.2) is 0 Å². The molecular weight excluding hydrogens is 264 g/mol. The van der Waals surface area contributed by atoms with Gasteiger partial charge in [0.25, 0.3) is 0 Å². The van der Waals surface area contributed by atoms with Gasteiger partial charge in [0.2, 0.25) is 0 Å². The Morgan fingerprint density at radius 1 is 1.24 bits per heavy atom. The summed E-state index contributed by atoms with van der Waals surface area (Å²) >= 11 is 0. The van der Waals surface area contributed by atoms with Crippen LogP contribution >= 0.6 is 0 Å². The fourth-order valence-electron chi connectivity index (χ4n) is 3.35. The Labute approximate surface area is 126 Å². The molecule has 0 radical (unpaired) electrons. The molecule has 1 aromatic rings. The van der Waals surface area contributed by atoms with Crippen molar-refractivity contribution >= 4 is 5.97 Å². The monoisotopic (exact) mass is 288 g/mol. The van der Waals surface area contributed by atoms with E-state index in [4.69, 9.17) is 5.11 Å². The summed E-state index contributed by atoms with van der Waals surface area (Å²) in [5, 5.41) is 9.03. The van der Waals surface area contributed by atoms with Crippen molar-refractivity contribution in [3.05, 3.63) is 35.9 Å². The summed E-state index contributed by atoms with van der Waals surface area (Å²) in [6, 6.07) is 11.7. The smallest absolute Gasteiger partial charge is 0.317 e. The number of carboxylic acids is 1. The van der Waals surface area contributed by atoms with Crippen LogP contribution in [0.5, 0.6) is 0 Å². The molecule has 0 spiro atoms. The van der Waals surface area contributed by atoms with Crippen molar-refractivity contribution in [2.24, 2.45) is 0 Å². The standard InChI is InChI=1S/C17H24N2O2/c20-17(21)13-18-10-4-7-16(18)12-19(15-8-9-15)11-14-5-2-1-3-6-14/h1-3,5-6,15-16H,4,7-13H2,(H,20,21)/t16-/m0/s1. The zero-order chi connectivity index (χ0) is 14.7. The normalized spacial score (nSPS) is 22.8. The first-order chi connectivity index (χ1) is 10.2. The summed E-state index contributed by atoms with van der Waals surface area (Å²) in [4.78, 5) is 15.7. The Hall–Kier alpha value is -1.39. The molecule has 21 heavy (non-hydrogen) atoms. The number of rotatable bonds is 7. The van der Waals surface area contributed by atoms with Crippen LogP contribution in [-0.4, -0.2) is 52.6 Å². The highest BCUT2D eigenvalue weighted by Gasteiger charge is 2.34. The number of carbonyl (C=O) groups is 1. The third-order valence-electron chi connectivity index (χ3n) is 4.57. The Balaban J connectivity index is 1.61. The molecule has 4 nitrogen and oxygen atoms in total. The van der Waals surface area contributed by atoms with Crippen LogP contribution in [0.25, 0.3) is 0 Å². The van der Waals surface area contributed by atoms with E-state index in [1.165, 1.54) is 18.4 Å². The van der Waals surface area contributed by atoms with Gasteiger partial charge in [-0.3, -0.25) is 14.6 Å². The van der Waals surface area contributed by atoms with E-state index in [1.807, 2.05) is 0 Å². The van der Waals surface area contributed by atoms with E-state index in [0.717, 1.165) is 32.5 Å². The predicted molar refractivity (Wildman–Crippen MR) is 82.1 cm³/mol. The molecule has 1 atom stereocenters. The van der Waals surface area contributed by atoms with Gasteiger partial charge in [-0.1, -0.05) is 30.3 Å². The average molecular weight is 288 g/mol. The van der Waals surface area contributed by atoms with E-state index in [9.17, 15) is 4.79 Å². The highest BCUT2D eigenvalue weighted by atomic mass is 16.4. The Morgan fingerprint density at radius 2 is 2.00 bits per heavy atom. The fraction of sp³-hybridized carbons (Fsp3) is 0.588. The lowest BCUT2D eigenvalue weighted by Crippen LogP contribution is -2.43. The molecule has 1 aromatic carbocycles. The topological polar surface area (TPSA) is 43.8 Å². The van der Waals surface area contributed by atoms with E-state index in [-0.39, 0.29) is 6.54 Å². The van der Waals surface area contributed by atoms with E-state index in [2.05, 4.69) is 40.1 Å².